The Morgan fingerprint density at radius 3 is 2.23 bits per heavy atom. The molecule has 0 unspecified atom stereocenters. The molecule has 26 heavy (non-hydrogen) atoms. The van der Waals surface area contributed by atoms with E-state index < -0.39 is 0 Å². The van der Waals surface area contributed by atoms with E-state index in [4.69, 9.17) is 39.5 Å². The van der Waals surface area contributed by atoms with Gasteiger partial charge < -0.3 is 4.74 Å². The van der Waals surface area contributed by atoms with Crippen molar-refractivity contribution in [1.82, 2.24) is 0 Å². The van der Waals surface area contributed by atoms with Crippen LogP contribution in [0.5, 0.6) is 0 Å². The second kappa shape index (κ2) is 6.92. The van der Waals surface area contributed by atoms with Crippen LogP contribution in [0.3, 0.4) is 0 Å². The lowest BCUT2D eigenvalue weighted by Gasteiger charge is -2.37. The number of allylic oxidation sites excluding steroid dienone is 1. The number of halogens is 3. The molecule has 0 spiro atoms. The fraction of sp³-hybridized carbons (Fsp3) is 0.286. The third kappa shape index (κ3) is 3.05. The molecule has 1 heterocycles. The van der Waals surface area contributed by atoms with Crippen LogP contribution in [0.4, 0.5) is 0 Å². The summed E-state index contributed by atoms with van der Waals surface area (Å²) in [4.78, 5) is 12.3. The van der Waals surface area contributed by atoms with Crippen LogP contribution in [0, 0.1) is 11.8 Å². The Bertz CT molecular complexity index is 875. The van der Waals surface area contributed by atoms with Gasteiger partial charge in [-0.05, 0) is 42.3 Å². The zero-order valence-electron chi connectivity index (χ0n) is 14.0. The first-order valence-electron chi connectivity index (χ1n) is 8.55. The molecule has 0 bridgehead atoms. The molecule has 2 aromatic rings. The summed E-state index contributed by atoms with van der Waals surface area (Å²) in [6.45, 7) is 1.96. The largest absolute Gasteiger partial charge is 0.462 e. The SMILES string of the molecule is C[C@H]1OC(=O)[C@H]2C=C[C@@H](c3ccc(Cl)cc3Cl)[C@H](c3ccc(Cl)cc3)[C@@H]21. The summed E-state index contributed by atoms with van der Waals surface area (Å²) in [5, 5.41) is 1.92. The van der Waals surface area contributed by atoms with Crippen molar-refractivity contribution in [3.8, 4) is 0 Å². The van der Waals surface area contributed by atoms with Crippen LogP contribution in [0.25, 0.3) is 0 Å². The first-order chi connectivity index (χ1) is 12.5. The highest BCUT2D eigenvalue weighted by atomic mass is 35.5. The quantitative estimate of drug-likeness (QED) is 0.434. The fourth-order valence-corrected chi connectivity index (χ4v) is 4.95. The Morgan fingerprint density at radius 1 is 0.885 bits per heavy atom. The first kappa shape index (κ1) is 17.9. The molecule has 1 fully saturated rings. The number of hydrogen-bond donors (Lipinski definition) is 0. The third-order valence-corrected chi connectivity index (χ3v) is 6.25. The number of hydrogen-bond acceptors (Lipinski definition) is 2. The summed E-state index contributed by atoms with van der Waals surface area (Å²) in [6.07, 6.45) is 3.89. The minimum absolute atomic E-state index is 0.0270. The van der Waals surface area contributed by atoms with Crippen LogP contribution in [0.1, 0.15) is 29.9 Å². The van der Waals surface area contributed by atoms with E-state index in [9.17, 15) is 4.79 Å². The number of carbonyl (C=O) groups is 1. The minimum Gasteiger partial charge on any atom is -0.462 e. The van der Waals surface area contributed by atoms with Gasteiger partial charge in [0.1, 0.15) is 6.10 Å². The van der Waals surface area contributed by atoms with E-state index >= 15 is 0 Å². The maximum Gasteiger partial charge on any atom is 0.313 e. The van der Waals surface area contributed by atoms with Crippen molar-refractivity contribution in [1.29, 1.82) is 0 Å². The molecule has 0 N–H and O–H groups in total. The maximum absolute atomic E-state index is 12.3. The molecule has 2 aliphatic rings. The predicted octanol–water partition coefficient (Wildman–Crippen LogP) is 6.26. The van der Waals surface area contributed by atoms with Gasteiger partial charge in [-0.3, -0.25) is 4.79 Å². The topological polar surface area (TPSA) is 26.3 Å². The van der Waals surface area contributed by atoms with Crippen molar-refractivity contribution in [2.45, 2.75) is 24.9 Å². The number of carbonyl (C=O) groups excluding carboxylic acids is 1. The van der Waals surface area contributed by atoms with E-state index in [-0.39, 0.29) is 35.7 Å². The highest BCUT2D eigenvalue weighted by Crippen LogP contribution is 2.52. The number of fused-ring (bicyclic) bond motifs is 1. The summed E-state index contributed by atoms with van der Waals surface area (Å²) in [7, 11) is 0. The Kier molecular flexibility index (Phi) is 4.77. The first-order valence-corrected chi connectivity index (χ1v) is 9.68. The van der Waals surface area contributed by atoms with Crippen LogP contribution < -0.4 is 0 Å². The minimum atomic E-state index is -0.229. The molecule has 2 nitrogen and oxygen atoms in total. The van der Waals surface area contributed by atoms with Crippen molar-refractivity contribution in [3.05, 3.63) is 80.8 Å². The molecule has 5 atom stereocenters. The van der Waals surface area contributed by atoms with E-state index in [1.54, 1.807) is 6.07 Å². The van der Waals surface area contributed by atoms with E-state index in [0.29, 0.717) is 15.1 Å². The summed E-state index contributed by atoms with van der Waals surface area (Å²) in [5.41, 5.74) is 2.12. The monoisotopic (exact) mass is 406 g/mol. The fourth-order valence-electron chi connectivity index (χ4n) is 4.29. The Morgan fingerprint density at radius 2 is 1.54 bits per heavy atom. The molecule has 1 aliphatic carbocycles. The van der Waals surface area contributed by atoms with Gasteiger partial charge in [-0.2, -0.15) is 0 Å². The number of benzene rings is 2. The van der Waals surface area contributed by atoms with Crippen molar-refractivity contribution in [2.24, 2.45) is 11.8 Å². The van der Waals surface area contributed by atoms with E-state index in [1.807, 2.05) is 49.4 Å². The molecule has 0 aromatic heterocycles. The molecule has 0 radical (unpaired) electrons. The number of cyclic esters (lactones) is 1. The summed E-state index contributed by atoms with van der Waals surface area (Å²) in [5.74, 6) is -0.252. The molecule has 1 aliphatic heterocycles. The van der Waals surface area contributed by atoms with Crippen LogP contribution >= 0.6 is 34.8 Å². The van der Waals surface area contributed by atoms with Gasteiger partial charge in [0.25, 0.3) is 0 Å². The van der Waals surface area contributed by atoms with Gasteiger partial charge in [-0.1, -0.05) is 65.2 Å². The van der Waals surface area contributed by atoms with Crippen LogP contribution in [-0.4, -0.2) is 12.1 Å². The third-order valence-electron chi connectivity index (χ3n) is 5.43. The van der Waals surface area contributed by atoms with E-state index in [1.165, 1.54) is 0 Å². The van der Waals surface area contributed by atoms with E-state index in [2.05, 4.69) is 6.08 Å². The van der Waals surface area contributed by atoms with Gasteiger partial charge >= 0.3 is 5.97 Å². The van der Waals surface area contributed by atoms with Crippen molar-refractivity contribution in [2.75, 3.05) is 0 Å². The van der Waals surface area contributed by atoms with Gasteiger partial charge in [0, 0.05) is 32.8 Å². The smallest absolute Gasteiger partial charge is 0.313 e. The number of esters is 1. The van der Waals surface area contributed by atoms with Crippen LogP contribution in [-0.2, 0) is 9.53 Å². The lowest BCUT2D eigenvalue weighted by molar-refractivity contribution is -0.142. The van der Waals surface area contributed by atoms with Gasteiger partial charge in [-0.25, -0.2) is 0 Å². The number of ether oxygens (including phenoxy) is 1. The Labute approximate surface area is 167 Å². The van der Waals surface area contributed by atoms with Crippen molar-refractivity contribution in [3.63, 3.8) is 0 Å². The molecule has 2 aromatic carbocycles. The predicted molar refractivity (Wildman–Crippen MR) is 105 cm³/mol. The number of rotatable bonds is 2. The zero-order valence-corrected chi connectivity index (χ0v) is 16.3. The Hall–Kier alpha value is -1.48. The van der Waals surface area contributed by atoms with Crippen molar-refractivity contribution < 1.29 is 9.53 Å². The standard InChI is InChI=1S/C21H17Cl3O2/c1-11-19-17(21(25)26-11)9-8-16(15-7-6-14(23)10-18(15)24)20(19)12-2-4-13(22)5-3-12/h2-11,16-17,19-20H,1H3/t11-,16+,17+,19-,20+/m1/s1. The highest BCUT2D eigenvalue weighted by Gasteiger charge is 2.50. The van der Waals surface area contributed by atoms with Gasteiger partial charge in [0.2, 0.25) is 0 Å². The molecule has 0 amide bonds. The van der Waals surface area contributed by atoms with E-state index in [0.717, 1.165) is 11.1 Å². The summed E-state index contributed by atoms with van der Waals surface area (Å²) < 4.78 is 5.55. The lowest BCUT2D eigenvalue weighted by Crippen LogP contribution is -2.32. The molecule has 134 valence electrons. The van der Waals surface area contributed by atoms with Crippen LogP contribution in [0.2, 0.25) is 15.1 Å². The molecular formula is C21H17Cl3O2. The lowest BCUT2D eigenvalue weighted by atomic mass is 9.65. The average molecular weight is 408 g/mol. The second-order valence-electron chi connectivity index (χ2n) is 6.90. The average Bonchev–Trinajstić information content (AvgIpc) is 2.90. The summed E-state index contributed by atoms with van der Waals surface area (Å²) in [6, 6.07) is 13.4. The Balaban J connectivity index is 1.85. The normalized spacial score (nSPS) is 30.2. The maximum atomic E-state index is 12.3. The molecule has 1 saturated heterocycles. The molecule has 4 rings (SSSR count). The van der Waals surface area contributed by atoms with Crippen LogP contribution in [0.15, 0.2) is 54.6 Å². The summed E-state index contributed by atoms with van der Waals surface area (Å²) >= 11 is 18.7. The zero-order chi connectivity index (χ0) is 18.4. The van der Waals surface area contributed by atoms with Gasteiger partial charge in [-0.15, -0.1) is 0 Å². The van der Waals surface area contributed by atoms with Crippen molar-refractivity contribution >= 4 is 40.8 Å². The molecular weight excluding hydrogens is 391 g/mol. The second-order valence-corrected chi connectivity index (χ2v) is 8.18. The molecule has 0 saturated carbocycles. The van der Waals surface area contributed by atoms with Gasteiger partial charge in [0.05, 0.1) is 5.92 Å². The highest BCUT2D eigenvalue weighted by molar-refractivity contribution is 6.35. The molecule has 5 heteroatoms. The van der Waals surface area contributed by atoms with Gasteiger partial charge in [0.15, 0.2) is 0 Å².